The highest BCUT2D eigenvalue weighted by Crippen LogP contribution is 2.32. The lowest BCUT2D eigenvalue weighted by molar-refractivity contribution is 0.567. The van der Waals surface area contributed by atoms with E-state index < -0.39 is 5.82 Å². The fourth-order valence-corrected chi connectivity index (χ4v) is 2.06. The van der Waals surface area contributed by atoms with Gasteiger partial charge in [-0.3, -0.25) is 0 Å². The molecule has 0 radical (unpaired) electrons. The van der Waals surface area contributed by atoms with E-state index in [1.807, 2.05) is 18.2 Å². The van der Waals surface area contributed by atoms with Crippen LogP contribution in [0.5, 0.6) is 0 Å². The lowest BCUT2D eigenvalue weighted by Gasteiger charge is -2.05. The Morgan fingerprint density at radius 3 is 2.75 bits per heavy atom. The van der Waals surface area contributed by atoms with Crippen LogP contribution in [0.4, 0.5) is 10.1 Å². The summed E-state index contributed by atoms with van der Waals surface area (Å²) in [6, 6.07) is 7.29. The van der Waals surface area contributed by atoms with Gasteiger partial charge in [-0.25, -0.2) is 14.4 Å². The highest BCUT2D eigenvalue weighted by Gasteiger charge is 2.10. The summed E-state index contributed by atoms with van der Waals surface area (Å²) >= 11 is 1.20. The Balaban J connectivity index is 2.35. The molecule has 1 heterocycles. The van der Waals surface area contributed by atoms with Gasteiger partial charge in [0.2, 0.25) is 0 Å². The first kappa shape index (κ1) is 10.9. The third-order valence-corrected chi connectivity index (χ3v) is 3.13. The van der Waals surface area contributed by atoms with Crippen molar-refractivity contribution in [2.24, 2.45) is 0 Å². The van der Waals surface area contributed by atoms with Gasteiger partial charge in [0.05, 0.1) is 5.69 Å². The van der Waals surface area contributed by atoms with E-state index in [9.17, 15) is 4.39 Å². The molecule has 2 N–H and O–H groups in total. The molecule has 0 aliphatic carbocycles. The first-order valence-electron chi connectivity index (χ1n) is 4.68. The predicted octanol–water partition coefficient (Wildman–Crippen LogP) is 2.66. The van der Waals surface area contributed by atoms with Crippen LogP contribution >= 0.6 is 11.8 Å². The highest BCUT2D eigenvalue weighted by molar-refractivity contribution is 7.99. The zero-order valence-corrected chi connectivity index (χ0v) is 9.46. The lowest BCUT2D eigenvalue weighted by Crippen LogP contribution is -1.95. The molecule has 1 aromatic heterocycles. The molecule has 2 aromatic rings. The number of nitrogen functional groups attached to an aromatic ring is 1. The second-order valence-electron chi connectivity index (χ2n) is 3.22. The van der Waals surface area contributed by atoms with Crippen LogP contribution in [0, 0.1) is 12.7 Å². The molecule has 0 aliphatic rings. The van der Waals surface area contributed by atoms with Crippen LogP contribution in [0.15, 0.2) is 40.5 Å². The van der Waals surface area contributed by atoms with Gasteiger partial charge >= 0.3 is 0 Å². The van der Waals surface area contributed by atoms with Crippen LogP contribution in [-0.4, -0.2) is 9.97 Å². The maximum absolute atomic E-state index is 13.6. The smallest absolute Gasteiger partial charge is 0.176 e. The number of anilines is 1. The highest BCUT2D eigenvalue weighted by atomic mass is 32.2. The van der Waals surface area contributed by atoms with E-state index in [0.29, 0.717) is 16.4 Å². The summed E-state index contributed by atoms with van der Waals surface area (Å²) in [5.41, 5.74) is 6.72. The average Bonchev–Trinajstić information content (AvgIpc) is 2.28. The first-order valence-corrected chi connectivity index (χ1v) is 5.49. The molecule has 0 saturated heterocycles. The van der Waals surface area contributed by atoms with Gasteiger partial charge in [0.1, 0.15) is 11.4 Å². The van der Waals surface area contributed by atoms with E-state index in [0.717, 1.165) is 4.90 Å². The van der Waals surface area contributed by atoms with Crippen molar-refractivity contribution in [2.75, 3.05) is 5.73 Å². The van der Waals surface area contributed by atoms with Crippen LogP contribution in [0.1, 0.15) is 5.69 Å². The molecule has 0 fully saturated rings. The molecule has 2 rings (SSSR count). The Hall–Kier alpha value is -1.62. The Labute approximate surface area is 96.9 Å². The van der Waals surface area contributed by atoms with Gasteiger partial charge in [0.15, 0.2) is 5.82 Å². The zero-order chi connectivity index (χ0) is 11.5. The molecule has 0 aliphatic heterocycles. The Kier molecular flexibility index (Phi) is 3.05. The van der Waals surface area contributed by atoms with E-state index in [-0.39, 0.29) is 0 Å². The molecule has 3 nitrogen and oxygen atoms in total. The second kappa shape index (κ2) is 4.49. The molecular formula is C11H10FN3S. The summed E-state index contributed by atoms with van der Waals surface area (Å²) in [5.74, 6) is -0.393. The fraction of sp³-hybridized carbons (Fsp3) is 0.0909. The predicted molar refractivity (Wildman–Crippen MR) is 61.7 cm³/mol. The zero-order valence-electron chi connectivity index (χ0n) is 8.64. The minimum Gasteiger partial charge on any atom is -0.398 e. The van der Waals surface area contributed by atoms with Gasteiger partial charge in [0, 0.05) is 10.6 Å². The van der Waals surface area contributed by atoms with E-state index in [2.05, 4.69) is 9.97 Å². The first-order chi connectivity index (χ1) is 7.68. The van der Waals surface area contributed by atoms with Crippen molar-refractivity contribution in [2.45, 2.75) is 16.8 Å². The Morgan fingerprint density at radius 1 is 1.25 bits per heavy atom. The largest absolute Gasteiger partial charge is 0.398 e. The molecule has 16 heavy (non-hydrogen) atoms. The average molecular weight is 235 g/mol. The maximum Gasteiger partial charge on any atom is 0.176 e. The van der Waals surface area contributed by atoms with Gasteiger partial charge in [0.25, 0.3) is 0 Å². The molecule has 0 unspecified atom stereocenters. The molecule has 0 saturated carbocycles. The maximum atomic E-state index is 13.6. The number of para-hydroxylation sites is 1. The number of benzene rings is 1. The van der Waals surface area contributed by atoms with Crippen LogP contribution in [-0.2, 0) is 0 Å². The van der Waals surface area contributed by atoms with E-state index in [4.69, 9.17) is 5.73 Å². The van der Waals surface area contributed by atoms with E-state index in [1.54, 1.807) is 13.0 Å². The van der Waals surface area contributed by atoms with Gasteiger partial charge in [-0.15, -0.1) is 0 Å². The standard InChI is InChI=1S/C11H10FN3S/c1-7-10(12)11(15-6-14-7)16-9-5-3-2-4-8(9)13/h2-6H,13H2,1H3. The summed E-state index contributed by atoms with van der Waals surface area (Å²) in [5, 5.41) is 0.297. The number of aromatic nitrogens is 2. The molecule has 0 atom stereocenters. The number of nitrogens with zero attached hydrogens (tertiary/aromatic N) is 2. The van der Waals surface area contributed by atoms with Crippen molar-refractivity contribution in [1.29, 1.82) is 0 Å². The van der Waals surface area contributed by atoms with Crippen molar-refractivity contribution in [1.82, 2.24) is 9.97 Å². The third kappa shape index (κ3) is 2.14. The Morgan fingerprint density at radius 2 is 2.00 bits per heavy atom. The van der Waals surface area contributed by atoms with Crippen molar-refractivity contribution in [3.63, 3.8) is 0 Å². The summed E-state index contributed by atoms with van der Waals surface area (Å²) in [7, 11) is 0. The van der Waals surface area contributed by atoms with Crippen LogP contribution in [0.25, 0.3) is 0 Å². The summed E-state index contributed by atoms with van der Waals surface area (Å²) in [4.78, 5) is 8.46. The molecule has 0 amide bonds. The van der Waals surface area contributed by atoms with Crippen LogP contribution < -0.4 is 5.73 Å². The van der Waals surface area contributed by atoms with Gasteiger partial charge in [-0.05, 0) is 19.1 Å². The third-order valence-electron chi connectivity index (χ3n) is 2.06. The van der Waals surface area contributed by atoms with Crippen molar-refractivity contribution >= 4 is 17.4 Å². The summed E-state index contributed by atoms with van der Waals surface area (Å²) in [6.45, 7) is 1.61. The topological polar surface area (TPSA) is 51.8 Å². The minimum atomic E-state index is -0.393. The summed E-state index contributed by atoms with van der Waals surface area (Å²) in [6.07, 6.45) is 1.35. The SMILES string of the molecule is Cc1ncnc(Sc2ccccc2N)c1F. The lowest BCUT2D eigenvalue weighted by atomic mass is 10.3. The normalized spacial score (nSPS) is 10.4. The molecular weight excluding hydrogens is 225 g/mol. The number of hydrogen-bond donors (Lipinski definition) is 1. The molecule has 5 heteroatoms. The molecule has 0 spiro atoms. The van der Waals surface area contributed by atoms with Gasteiger partial charge < -0.3 is 5.73 Å². The quantitative estimate of drug-likeness (QED) is 0.642. The van der Waals surface area contributed by atoms with Crippen molar-refractivity contribution < 1.29 is 4.39 Å². The van der Waals surface area contributed by atoms with Crippen molar-refractivity contribution in [3.05, 3.63) is 42.1 Å². The number of halogens is 1. The number of nitrogens with two attached hydrogens (primary N) is 1. The van der Waals surface area contributed by atoms with Gasteiger partial charge in [-0.1, -0.05) is 23.9 Å². The fourth-order valence-electron chi connectivity index (χ4n) is 1.18. The number of rotatable bonds is 2. The minimum absolute atomic E-state index is 0.297. The van der Waals surface area contributed by atoms with E-state index in [1.165, 1.54) is 18.1 Å². The second-order valence-corrected chi connectivity index (χ2v) is 4.25. The molecule has 82 valence electrons. The summed E-state index contributed by atoms with van der Waals surface area (Å²) < 4.78 is 13.6. The van der Waals surface area contributed by atoms with Crippen molar-refractivity contribution in [3.8, 4) is 0 Å². The Bertz CT molecular complexity index is 516. The molecule has 1 aromatic carbocycles. The molecule has 0 bridgehead atoms. The number of aryl methyl sites for hydroxylation is 1. The van der Waals surface area contributed by atoms with E-state index >= 15 is 0 Å². The van der Waals surface area contributed by atoms with Crippen LogP contribution in [0.3, 0.4) is 0 Å². The van der Waals surface area contributed by atoms with Gasteiger partial charge in [-0.2, -0.15) is 0 Å². The van der Waals surface area contributed by atoms with Crippen LogP contribution in [0.2, 0.25) is 0 Å². The monoisotopic (exact) mass is 235 g/mol. The number of hydrogen-bond acceptors (Lipinski definition) is 4.